The molecule has 1 aliphatic rings. The van der Waals surface area contributed by atoms with Crippen molar-refractivity contribution in [3.63, 3.8) is 0 Å². The molecule has 1 saturated heterocycles. The number of hydrogen-bond donors (Lipinski definition) is 1. The van der Waals surface area contributed by atoms with Crippen molar-refractivity contribution in [3.8, 4) is 0 Å². The highest BCUT2D eigenvalue weighted by Crippen LogP contribution is 2.32. The Bertz CT molecular complexity index is 400. The van der Waals surface area contributed by atoms with E-state index < -0.39 is 11.9 Å². The van der Waals surface area contributed by atoms with E-state index in [4.69, 9.17) is 11.6 Å². The van der Waals surface area contributed by atoms with Crippen LogP contribution in [-0.4, -0.2) is 11.5 Å². The van der Waals surface area contributed by atoms with Gasteiger partial charge in [-0.1, -0.05) is 24.1 Å². The minimum atomic E-state index is -4.44. The van der Waals surface area contributed by atoms with E-state index in [2.05, 4.69) is 10.3 Å². The average molecular weight is 265 g/mol. The molecule has 1 aliphatic heterocycles. The van der Waals surface area contributed by atoms with E-state index in [0.717, 1.165) is 31.9 Å². The molecule has 1 N–H and O–H groups in total. The first kappa shape index (κ1) is 12.6. The van der Waals surface area contributed by atoms with Crippen molar-refractivity contribution in [1.29, 1.82) is 0 Å². The summed E-state index contributed by atoms with van der Waals surface area (Å²) < 4.78 is 37.2. The predicted molar refractivity (Wildman–Crippen MR) is 58.8 cm³/mol. The minimum Gasteiger partial charge on any atom is -0.310 e. The molecule has 1 aromatic heterocycles. The van der Waals surface area contributed by atoms with Gasteiger partial charge in [-0.25, -0.2) is 4.98 Å². The summed E-state index contributed by atoms with van der Waals surface area (Å²) in [5.41, 5.74) is -0.290. The van der Waals surface area contributed by atoms with Crippen molar-refractivity contribution in [2.24, 2.45) is 0 Å². The molecule has 2 heterocycles. The number of piperidine rings is 1. The molecule has 6 heteroatoms. The summed E-state index contributed by atoms with van der Waals surface area (Å²) in [4.78, 5) is 3.42. The number of rotatable bonds is 1. The number of alkyl halides is 3. The number of nitrogens with one attached hydrogen (secondary N) is 1. The SMILES string of the molecule is FC(F)(F)c1ccc([C@H]2CCCCN2)c(Cl)n1. The maximum atomic E-state index is 12.4. The number of nitrogens with zero attached hydrogens (tertiary/aromatic N) is 1. The maximum absolute atomic E-state index is 12.4. The fraction of sp³-hybridized carbons (Fsp3) is 0.545. The second-order valence-electron chi connectivity index (χ2n) is 4.08. The van der Waals surface area contributed by atoms with Crippen molar-refractivity contribution in [3.05, 3.63) is 28.5 Å². The van der Waals surface area contributed by atoms with Gasteiger partial charge in [-0.3, -0.25) is 0 Å². The van der Waals surface area contributed by atoms with Crippen molar-refractivity contribution < 1.29 is 13.2 Å². The number of aromatic nitrogens is 1. The summed E-state index contributed by atoms with van der Waals surface area (Å²) in [5, 5.41) is 3.17. The van der Waals surface area contributed by atoms with Gasteiger partial charge in [0, 0.05) is 11.6 Å². The van der Waals surface area contributed by atoms with Crippen LogP contribution in [-0.2, 0) is 6.18 Å². The molecule has 0 aliphatic carbocycles. The molecule has 94 valence electrons. The standard InChI is InChI=1S/C11H12ClF3N2/c12-10-7(8-3-1-2-6-16-8)4-5-9(17-10)11(13,14)15/h4-5,8,16H,1-3,6H2/t8-/m1/s1. The third-order valence-corrected chi connectivity index (χ3v) is 3.16. The van der Waals surface area contributed by atoms with Crippen molar-refractivity contribution >= 4 is 11.6 Å². The van der Waals surface area contributed by atoms with Gasteiger partial charge < -0.3 is 5.32 Å². The summed E-state index contributed by atoms with van der Waals surface area (Å²) in [6.07, 6.45) is -1.42. The van der Waals surface area contributed by atoms with Crippen LogP contribution in [0.3, 0.4) is 0 Å². The van der Waals surface area contributed by atoms with Gasteiger partial charge in [0.2, 0.25) is 0 Å². The first-order valence-corrected chi connectivity index (χ1v) is 5.83. The summed E-state index contributed by atoms with van der Waals surface area (Å²) >= 11 is 5.82. The van der Waals surface area contributed by atoms with Crippen LogP contribution in [0.25, 0.3) is 0 Å². The molecule has 2 nitrogen and oxygen atoms in total. The zero-order valence-corrected chi connectivity index (χ0v) is 9.78. The number of hydrogen-bond acceptors (Lipinski definition) is 2. The molecule has 1 fully saturated rings. The normalized spacial score (nSPS) is 21.5. The Balaban J connectivity index is 2.25. The number of halogens is 4. The second-order valence-corrected chi connectivity index (χ2v) is 4.43. The van der Waals surface area contributed by atoms with Gasteiger partial charge in [-0.2, -0.15) is 13.2 Å². The van der Waals surface area contributed by atoms with Gasteiger partial charge in [0.15, 0.2) is 0 Å². The van der Waals surface area contributed by atoms with Gasteiger partial charge in [0.25, 0.3) is 0 Å². The Kier molecular flexibility index (Phi) is 3.58. The van der Waals surface area contributed by atoms with Gasteiger partial charge in [-0.05, 0) is 25.5 Å². The average Bonchev–Trinajstić information content (AvgIpc) is 2.29. The van der Waals surface area contributed by atoms with Crippen LogP contribution in [0.2, 0.25) is 5.15 Å². The molecule has 0 amide bonds. The molecule has 1 atom stereocenters. The number of pyridine rings is 1. The summed E-state index contributed by atoms with van der Waals surface area (Å²) in [5.74, 6) is 0. The molecule has 0 spiro atoms. The van der Waals surface area contributed by atoms with Gasteiger partial charge in [0.1, 0.15) is 10.8 Å². The zero-order chi connectivity index (χ0) is 12.5. The first-order valence-electron chi connectivity index (χ1n) is 5.45. The Labute approximate surface area is 102 Å². The molecule has 0 aromatic carbocycles. The van der Waals surface area contributed by atoms with Crippen LogP contribution < -0.4 is 5.32 Å². The van der Waals surface area contributed by atoms with Crippen molar-refractivity contribution in [1.82, 2.24) is 10.3 Å². The van der Waals surface area contributed by atoms with Gasteiger partial charge in [-0.15, -0.1) is 0 Å². The summed E-state index contributed by atoms with van der Waals surface area (Å²) in [7, 11) is 0. The molecule has 17 heavy (non-hydrogen) atoms. The minimum absolute atomic E-state index is 0.0195. The van der Waals surface area contributed by atoms with E-state index in [9.17, 15) is 13.2 Å². The smallest absolute Gasteiger partial charge is 0.310 e. The quantitative estimate of drug-likeness (QED) is 0.785. The molecule has 2 rings (SSSR count). The van der Waals surface area contributed by atoms with E-state index in [1.54, 1.807) is 0 Å². The third-order valence-electron chi connectivity index (χ3n) is 2.85. The molecular weight excluding hydrogens is 253 g/mol. The predicted octanol–water partition coefficient (Wildman–Crippen LogP) is 3.57. The third kappa shape index (κ3) is 2.90. The van der Waals surface area contributed by atoms with Gasteiger partial charge >= 0.3 is 6.18 Å². The summed E-state index contributed by atoms with van der Waals surface area (Å²) in [6, 6.07) is 2.42. The van der Waals surface area contributed by atoms with E-state index in [1.807, 2.05) is 0 Å². The van der Waals surface area contributed by atoms with Gasteiger partial charge in [0.05, 0.1) is 0 Å². The van der Waals surface area contributed by atoms with Crippen LogP contribution in [0.5, 0.6) is 0 Å². The lowest BCUT2D eigenvalue weighted by Crippen LogP contribution is -2.27. The topological polar surface area (TPSA) is 24.9 Å². The van der Waals surface area contributed by atoms with E-state index in [-0.39, 0.29) is 11.2 Å². The second kappa shape index (κ2) is 4.82. The molecule has 0 saturated carbocycles. The highest BCUT2D eigenvalue weighted by atomic mass is 35.5. The Morgan fingerprint density at radius 3 is 2.59 bits per heavy atom. The monoisotopic (exact) mass is 264 g/mol. The Morgan fingerprint density at radius 2 is 2.06 bits per heavy atom. The maximum Gasteiger partial charge on any atom is 0.433 e. The first-order chi connectivity index (χ1) is 7.98. The van der Waals surface area contributed by atoms with Crippen LogP contribution in [0.1, 0.15) is 36.6 Å². The van der Waals surface area contributed by atoms with Crippen LogP contribution in [0.4, 0.5) is 13.2 Å². The van der Waals surface area contributed by atoms with Crippen molar-refractivity contribution in [2.75, 3.05) is 6.54 Å². The van der Waals surface area contributed by atoms with Crippen LogP contribution >= 0.6 is 11.6 Å². The van der Waals surface area contributed by atoms with Crippen LogP contribution in [0, 0.1) is 0 Å². The molecule has 0 radical (unpaired) electrons. The van der Waals surface area contributed by atoms with Crippen LogP contribution in [0.15, 0.2) is 12.1 Å². The lowest BCUT2D eigenvalue weighted by molar-refractivity contribution is -0.141. The van der Waals surface area contributed by atoms with E-state index in [0.29, 0.717) is 5.56 Å². The lowest BCUT2D eigenvalue weighted by Gasteiger charge is -2.24. The molecule has 0 unspecified atom stereocenters. The molecule has 1 aromatic rings. The lowest BCUT2D eigenvalue weighted by atomic mass is 9.99. The van der Waals surface area contributed by atoms with Crippen molar-refractivity contribution in [2.45, 2.75) is 31.5 Å². The summed E-state index contributed by atoms with van der Waals surface area (Å²) in [6.45, 7) is 0.863. The molecule has 0 bridgehead atoms. The Morgan fingerprint density at radius 1 is 1.29 bits per heavy atom. The van der Waals surface area contributed by atoms with E-state index in [1.165, 1.54) is 6.07 Å². The molecular formula is C11H12ClF3N2. The fourth-order valence-electron chi connectivity index (χ4n) is 1.98. The fourth-order valence-corrected chi connectivity index (χ4v) is 2.27. The highest BCUT2D eigenvalue weighted by Gasteiger charge is 2.33. The highest BCUT2D eigenvalue weighted by molar-refractivity contribution is 6.30. The Hall–Kier alpha value is -0.810. The van der Waals surface area contributed by atoms with E-state index >= 15 is 0 Å². The largest absolute Gasteiger partial charge is 0.433 e. The zero-order valence-electron chi connectivity index (χ0n) is 9.02.